The monoisotopic (exact) mass is 377 g/mol. The van der Waals surface area contributed by atoms with Gasteiger partial charge in [0.05, 0.1) is 16.6 Å². The van der Waals surface area contributed by atoms with Crippen LogP contribution in [0.1, 0.15) is 36.0 Å². The first-order valence-electron chi connectivity index (χ1n) is 9.13. The van der Waals surface area contributed by atoms with Gasteiger partial charge in [0.2, 0.25) is 0 Å². The van der Waals surface area contributed by atoms with Crippen LogP contribution >= 0.6 is 0 Å². The highest BCUT2D eigenvalue weighted by Crippen LogP contribution is 2.31. The zero-order valence-electron chi connectivity index (χ0n) is 15.0. The molecule has 1 aromatic rings. The number of nitrogens with one attached hydrogen (secondary N) is 1. The van der Waals surface area contributed by atoms with Gasteiger partial charge in [-0.15, -0.1) is 0 Å². The van der Waals surface area contributed by atoms with Crippen molar-refractivity contribution >= 4 is 23.3 Å². The summed E-state index contributed by atoms with van der Waals surface area (Å²) < 4.78 is 10.4. The average molecular weight is 377 g/mol. The van der Waals surface area contributed by atoms with E-state index in [-0.39, 0.29) is 17.4 Å². The SMILES string of the molecule is O=C(COC(=O)c1ccc(N2CCCC2)c([N+](=O)[O-])c1)NCC1CCCO1. The van der Waals surface area contributed by atoms with Crippen molar-refractivity contribution in [2.24, 2.45) is 0 Å². The number of hydrogen-bond acceptors (Lipinski definition) is 7. The van der Waals surface area contributed by atoms with E-state index in [1.165, 1.54) is 12.1 Å². The smallest absolute Gasteiger partial charge is 0.338 e. The van der Waals surface area contributed by atoms with Gasteiger partial charge in [0, 0.05) is 32.3 Å². The molecule has 0 aliphatic carbocycles. The minimum atomic E-state index is -0.765. The summed E-state index contributed by atoms with van der Waals surface area (Å²) in [5.74, 6) is -1.19. The molecule has 3 rings (SSSR count). The van der Waals surface area contributed by atoms with Gasteiger partial charge in [0.25, 0.3) is 11.6 Å². The third-order valence-corrected chi connectivity index (χ3v) is 4.74. The standard InChI is InChI=1S/C18H23N3O6/c22-17(19-11-14-4-3-9-26-14)12-27-18(23)13-5-6-15(16(10-13)21(24)25)20-7-1-2-8-20/h5-6,10,14H,1-4,7-9,11-12H2,(H,19,22). The molecule has 2 aliphatic heterocycles. The van der Waals surface area contributed by atoms with Crippen LogP contribution < -0.4 is 10.2 Å². The quantitative estimate of drug-likeness (QED) is 0.437. The molecule has 0 bridgehead atoms. The highest BCUT2D eigenvalue weighted by atomic mass is 16.6. The number of nitro benzene ring substituents is 1. The molecular formula is C18H23N3O6. The maximum absolute atomic E-state index is 12.2. The number of nitro groups is 1. The van der Waals surface area contributed by atoms with E-state index in [0.29, 0.717) is 18.8 Å². The van der Waals surface area contributed by atoms with E-state index in [9.17, 15) is 19.7 Å². The lowest BCUT2D eigenvalue weighted by molar-refractivity contribution is -0.384. The largest absolute Gasteiger partial charge is 0.452 e. The minimum absolute atomic E-state index is 0.00503. The van der Waals surface area contributed by atoms with Crippen LogP contribution in [0.25, 0.3) is 0 Å². The Labute approximate surface area is 156 Å². The minimum Gasteiger partial charge on any atom is -0.452 e. The van der Waals surface area contributed by atoms with Gasteiger partial charge in [-0.1, -0.05) is 0 Å². The van der Waals surface area contributed by atoms with Crippen molar-refractivity contribution in [3.8, 4) is 0 Å². The van der Waals surface area contributed by atoms with Crippen molar-refractivity contribution in [2.45, 2.75) is 31.8 Å². The van der Waals surface area contributed by atoms with Crippen LogP contribution in [0.5, 0.6) is 0 Å². The van der Waals surface area contributed by atoms with Crippen LogP contribution in [-0.2, 0) is 14.3 Å². The fourth-order valence-corrected chi connectivity index (χ4v) is 3.32. The van der Waals surface area contributed by atoms with Crippen LogP contribution in [0, 0.1) is 10.1 Å². The van der Waals surface area contributed by atoms with E-state index >= 15 is 0 Å². The molecule has 2 heterocycles. The maximum atomic E-state index is 12.2. The highest BCUT2D eigenvalue weighted by Gasteiger charge is 2.24. The van der Waals surface area contributed by atoms with Gasteiger partial charge in [-0.2, -0.15) is 0 Å². The molecule has 1 atom stereocenters. The number of carbonyl (C=O) groups is 2. The van der Waals surface area contributed by atoms with Crippen molar-refractivity contribution in [3.63, 3.8) is 0 Å². The highest BCUT2D eigenvalue weighted by molar-refractivity contribution is 5.93. The number of carbonyl (C=O) groups excluding carboxylic acids is 2. The molecule has 1 aromatic carbocycles. The average Bonchev–Trinajstić information content (AvgIpc) is 3.37. The van der Waals surface area contributed by atoms with E-state index in [2.05, 4.69) is 5.32 Å². The van der Waals surface area contributed by atoms with Crippen molar-refractivity contribution < 1.29 is 24.0 Å². The van der Waals surface area contributed by atoms with Crippen molar-refractivity contribution in [2.75, 3.05) is 37.7 Å². The van der Waals surface area contributed by atoms with Crippen molar-refractivity contribution in [3.05, 3.63) is 33.9 Å². The summed E-state index contributed by atoms with van der Waals surface area (Å²) in [6, 6.07) is 4.27. The second-order valence-corrected chi connectivity index (χ2v) is 6.67. The molecule has 1 unspecified atom stereocenters. The van der Waals surface area contributed by atoms with Crippen LogP contribution in [0.3, 0.4) is 0 Å². The third-order valence-electron chi connectivity index (χ3n) is 4.74. The molecule has 146 valence electrons. The zero-order chi connectivity index (χ0) is 19.2. The maximum Gasteiger partial charge on any atom is 0.338 e. The van der Waals surface area contributed by atoms with Gasteiger partial charge in [0.1, 0.15) is 5.69 Å². The summed E-state index contributed by atoms with van der Waals surface area (Å²) in [6.07, 6.45) is 3.85. The van der Waals surface area contributed by atoms with Gasteiger partial charge in [0.15, 0.2) is 6.61 Å². The van der Waals surface area contributed by atoms with E-state index in [1.807, 2.05) is 4.90 Å². The molecule has 0 aromatic heterocycles. The Morgan fingerprint density at radius 2 is 2.07 bits per heavy atom. The molecule has 2 aliphatic rings. The normalized spacial score (nSPS) is 19.1. The Bertz CT molecular complexity index is 711. The fraction of sp³-hybridized carbons (Fsp3) is 0.556. The molecule has 0 radical (unpaired) electrons. The molecule has 2 fully saturated rings. The lowest BCUT2D eigenvalue weighted by Crippen LogP contribution is -2.34. The van der Waals surface area contributed by atoms with E-state index in [4.69, 9.17) is 9.47 Å². The Hall–Kier alpha value is -2.68. The summed E-state index contributed by atoms with van der Waals surface area (Å²) in [5.41, 5.74) is 0.425. The van der Waals surface area contributed by atoms with E-state index < -0.39 is 23.4 Å². The lowest BCUT2D eigenvalue weighted by atomic mass is 10.1. The van der Waals surface area contributed by atoms with Crippen molar-refractivity contribution in [1.29, 1.82) is 0 Å². The van der Waals surface area contributed by atoms with Gasteiger partial charge in [-0.05, 0) is 37.8 Å². The Balaban J connectivity index is 1.56. The summed E-state index contributed by atoms with van der Waals surface area (Å²) in [5, 5.41) is 14.0. The number of rotatable bonds is 7. The topological polar surface area (TPSA) is 111 Å². The lowest BCUT2D eigenvalue weighted by Gasteiger charge is -2.17. The fourth-order valence-electron chi connectivity index (χ4n) is 3.32. The Morgan fingerprint density at radius 1 is 1.30 bits per heavy atom. The first kappa shape index (κ1) is 19.1. The number of anilines is 1. The molecule has 2 saturated heterocycles. The first-order valence-corrected chi connectivity index (χ1v) is 9.13. The predicted octanol–water partition coefficient (Wildman–Crippen LogP) is 1.65. The van der Waals surface area contributed by atoms with Gasteiger partial charge in [-0.25, -0.2) is 4.79 Å². The third kappa shape index (κ3) is 4.94. The van der Waals surface area contributed by atoms with Crippen molar-refractivity contribution in [1.82, 2.24) is 5.32 Å². The second kappa shape index (κ2) is 8.81. The molecule has 1 N–H and O–H groups in total. The molecular weight excluding hydrogens is 354 g/mol. The molecule has 0 spiro atoms. The van der Waals surface area contributed by atoms with Crippen LogP contribution in [0.15, 0.2) is 18.2 Å². The number of amides is 1. The Morgan fingerprint density at radius 3 is 2.74 bits per heavy atom. The van der Waals surface area contributed by atoms with E-state index in [1.54, 1.807) is 6.07 Å². The zero-order valence-corrected chi connectivity index (χ0v) is 15.0. The number of esters is 1. The number of benzene rings is 1. The Kier molecular flexibility index (Phi) is 6.23. The molecule has 1 amide bonds. The van der Waals surface area contributed by atoms with Gasteiger partial charge >= 0.3 is 5.97 Å². The summed E-state index contributed by atoms with van der Waals surface area (Å²) in [7, 11) is 0. The van der Waals surface area contributed by atoms with Crippen LogP contribution in [-0.4, -0.2) is 55.8 Å². The molecule has 9 nitrogen and oxygen atoms in total. The molecule has 0 saturated carbocycles. The number of ether oxygens (including phenoxy) is 2. The summed E-state index contributed by atoms with van der Waals surface area (Å²) >= 11 is 0. The van der Waals surface area contributed by atoms with Crippen LogP contribution in [0.2, 0.25) is 0 Å². The molecule has 9 heteroatoms. The van der Waals surface area contributed by atoms with E-state index in [0.717, 1.165) is 38.8 Å². The first-order chi connectivity index (χ1) is 13.0. The van der Waals surface area contributed by atoms with Gasteiger partial charge < -0.3 is 19.7 Å². The summed E-state index contributed by atoms with van der Waals surface area (Å²) in [4.78, 5) is 36.8. The second-order valence-electron chi connectivity index (χ2n) is 6.67. The van der Waals surface area contributed by atoms with Crippen LogP contribution in [0.4, 0.5) is 11.4 Å². The molecule has 27 heavy (non-hydrogen) atoms. The number of hydrogen-bond donors (Lipinski definition) is 1. The van der Waals surface area contributed by atoms with Gasteiger partial charge in [-0.3, -0.25) is 14.9 Å². The number of nitrogens with zero attached hydrogens (tertiary/aromatic N) is 2. The summed E-state index contributed by atoms with van der Waals surface area (Å²) in [6.45, 7) is 2.16. The predicted molar refractivity (Wildman–Crippen MR) is 96.8 cm³/mol.